The molecule has 2 aliphatic rings. The first-order valence-electron chi connectivity index (χ1n) is 8.54. The Morgan fingerprint density at radius 2 is 1.96 bits per heavy atom. The monoisotopic (exact) mass is 316 g/mol. The van der Waals surface area contributed by atoms with Gasteiger partial charge in [-0.05, 0) is 42.0 Å². The second-order valence-corrected chi connectivity index (χ2v) is 6.39. The Kier molecular flexibility index (Phi) is 4.75. The highest BCUT2D eigenvalue weighted by atomic mass is 15.2. The largest absolute Gasteiger partial charge is 0.159 e. The summed E-state index contributed by atoms with van der Waals surface area (Å²) in [6.45, 7) is 12.2. The predicted octanol–water partition coefficient (Wildman–Crippen LogP) is 5.74. The Labute approximate surface area is 144 Å². The highest BCUT2D eigenvalue weighted by molar-refractivity contribution is 6.18. The minimum atomic E-state index is 0.317. The van der Waals surface area contributed by atoms with Gasteiger partial charge in [0.2, 0.25) is 0 Å². The maximum Gasteiger partial charge on any atom is 0.0768 e. The van der Waals surface area contributed by atoms with Gasteiger partial charge in [0, 0.05) is 17.9 Å². The third-order valence-electron chi connectivity index (χ3n) is 4.87. The smallest absolute Gasteiger partial charge is 0.0768 e. The van der Waals surface area contributed by atoms with Crippen LogP contribution in [-0.2, 0) is 0 Å². The maximum atomic E-state index is 4.52. The standard InChI is InChI=1S/C22H24N2/c1-5-17-13-12-15(3)22(19(17)6-2)21-14-20(23-24-21)16(4)18-10-8-7-9-11-18/h5-6,8,10-13,16H,1-2,7,9,14H2,3-4H3/t16-/m0/s1. The number of allylic oxidation sites excluding steroid dienone is 4. The molecule has 0 amide bonds. The van der Waals surface area contributed by atoms with Crippen LogP contribution in [-0.4, -0.2) is 11.4 Å². The summed E-state index contributed by atoms with van der Waals surface area (Å²) >= 11 is 0. The van der Waals surface area contributed by atoms with E-state index in [0.29, 0.717) is 5.92 Å². The van der Waals surface area contributed by atoms with Crippen molar-refractivity contribution in [3.8, 4) is 0 Å². The minimum absolute atomic E-state index is 0.317. The van der Waals surface area contributed by atoms with E-state index in [4.69, 9.17) is 0 Å². The van der Waals surface area contributed by atoms with E-state index >= 15 is 0 Å². The van der Waals surface area contributed by atoms with Gasteiger partial charge in [-0.2, -0.15) is 10.2 Å². The fourth-order valence-corrected chi connectivity index (χ4v) is 3.42. The average molecular weight is 316 g/mol. The fraction of sp³-hybridized carbons (Fsp3) is 0.273. The fourth-order valence-electron chi connectivity index (χ4n) is 3.42. The van der Waals surface area contributed by atoms with Crippen molar-refractivity contribution in [1.29, 1.82) is 0 Å². The second-order valence-electron chi connectivity index (χ2n) is 6.39. The Morgan fingerprint density at radius 3 is 2.62 bits per heavy atom. The molecule has 1 heterocycles. The van der Waals surface area contributed by atoms with Crippen LogP contribution in [0, 0.1) is 12.8 Å². The molecule has 2 nitrogen and oxygen atoms in total. The lowest BCUT2D eigenvalue weighted by atomic mass is 9.86. The SMILES string of the molecule is C=Cc1ccc(C)c(C2=NN=C([C@@H](C)C3=CCCC=C3)C2)c1C=C. The van der Waals surface area contributed by atoms with Crippen molar-refractivity contribution in [3.63, 3.8) is 0 Å². The van der Waals surface area contributed by atoms with Crippen LogP contribution in [0.3, 0.4) is 0 Å². The molecular formula is C22H24N2. The van der Waals surface area contributed by atoms with Gasteiger partial charge in [0.1, 0.15) is 0 Å². The quantitative estimate of drug-likeness (QED) is 0.661. The van der Waals surface area contributed by atoms with E-state index in [9.17, 15) is 0 Å². The van der Waals surface area contributed by atoms with Crippen LogP contribution in [0.4, 0.5) is 0 Å². The summed E-state index contributed by atoms with van der Waals surface area (Å²) in [4.78, 5) is 0. The summed E-state index contributed by atoms with van der Waals surface area (Å²) in [5.41, 5.74) is 8.08. The van der Waals surface area contributed by atoms with Crippen molar-refractivity contribution in [1.82, 2.24) is 0 Å². The Hall–Kier alpha value is -2.48. The molecule has 1 aromatic rings. The number of hydrogen-bond acceptors (Lipinski definition) is 2. The first-order valence-corrected chi connectivity index (χ1v) is 8.54. The van der Waals surface area contributed by atoms with Gasteiger partial charge in [-0.25, -0.2) is 0 Å². The van der Waals surface area contributed by atoms with Gasteiger partial charge in [0.25, 0.3) is 0 Å². The molecule has 24 heavy (non-hydrogen) atoms. The topological polar surface area (TPSA) is 24.7 Å². The molecule has 0 spiro atoms. The molecule has 0 saturated heterocycles. The van der Waals surface area contributed by atoms with Crippen LogP contribution in [0.25, 0.3) is 12.2 Å². The molecule has 3 rings (SSSR count). The second kappa shape index (κ2) is 6.96. The summed E-state index contributed by atoms with van der Waals surface area (Å²) in [5.74, 6) is 0.317. The molecule has 0 unspecified atom stereocenters. The van der Waals surface area contributed by atoms with Gasteiger partial charge in [0.05, 0.1) is 11.4 Å². The van der Waals surface area contributed by atoms with E-state index in [-0.39, 0.29) is 0 Å². The third-order valence-corrected chi connectivity index (χ3v) is 4.87. The van der Waals surface area contributed by atoms with Gasteiger partial charge in [-0.3, -0.25) is 0 Å². The van der Waals surface area contributed by atoms with Gasteiger partial charge < -0.3 is 0 Å². The van der Waals surface area contributed by atoms with E-state index in [1.807, 2.05) is 12.2 Å². The molecule has 1 aliphatic carbocycles. The first-order chi connectivity index (χ1) is 11.7. The Balaban J connectivity index is 1.87. The van der Waals surface area contributed by atoms with Crippen LogP contribution >= 0.6 is 0 Å². The van der Waals surface area contributed by atoms with Gasteiger partial charge in [-0.15, -0.1) is 0 Å². The predicted molar refractivity (Wildman–Crippen MR) is 106 cm³/mol. The average Bonchev–Trinajstić information content (AvgIpc) is 3.11. The lowest BCUT2D eigenvalue weighted by molar-refractivity contribution is 0.886. The summed E-state index contributed by atoms with van der Waals surface area (Å²) in [6, 6.07) is 4.20. The molecule has 1 aliphatic heterocycles. The molecule has 0 radical (unpaired) electrons. The summed E-state index contributed by atoms with van der Waals surface area (Å²) in [6.07, 6.45) is 13.6. The van der Waals surface area contributed by atoms with E-state index in [1.54, 1.807) is 0 Å². The number of rotatable bonds is 5. The Bertz CT molecular complexity index is 804. The summed E-state index contributed by atoms with van der Waals surface area (Å²) in [5, 5.41) is 9.03. The highest BCUT2D eigenvalue weighted by Crippen LogP contribution is 2.29. The van der Waals surface area contributed by atoms with Crippen LogP contribution in [0.1, 0.15) is 48.4 Å². The lowest BCUT2D eigenvalue weighted by Crippen LogP contribution is -2.16. The van der Waals surface area contributed by atoms with E-state index in [0.717, 1.165) is 47.4 Å². The van der Waals surface area contributed by atoms with Gasteiger partial charge in [-0.1, -0.05) is 62.6 Å². The zero-order valence-corrected chi connectivity index (χ0v) is 14.5. The van der Waals surface area contributed by atoms with E-state index in [2.05, 4.69) is 67.6 Å². The molecule has 122 valence electrons. The highest BCUT2D eigenvalue weighted by Gasteiger charge is 2.24. The molecule has 0 bridgehead atoms. The summed E-state index contributed by atoms with van der Waals surface area (Å²) < 4.78 is 0. The van der Waals surface area contributed by atoms with Crippen molar-refractivity contribution in [2.75, 3.05) is 0 Å². The maximum absolute atomic E-state index is 4.52. The molecule has 1 atom stereocenters. The zero-order valence-electron chi connectivity index (χ0n) is 14.5. The number of nitrogens with zero attached hydrogens (tertiary/aromatic N) is 2. The molecule has 1 aromatic carbocycles. The number of hydrogen-bond donors (Lipinski definition) is 0. The van der Waals surface area contributed by atoms with Crippen LogP contribution in [0.15, 0.2) is 59.3 Å². The van der Waals surface area contributed by atoms with Crippen LogP contribution < -0.4 is 0 Å². The zero-order chi connectivity index (χ0) is 17.1. The van der Waals surface area contributed by atoms with E-state index < -0.39 is 0 Å². The molecule has 2 heteroatoms. The summed E-state index contributed by atoms with van der Waals surface area (Å²) in [7, 11) is 0. The van der Waals surface area contributed by atoms with Crippen molar-refractivity contribution < 1.29 is 0 Å². The molecule has 0 aromatic heterocycles. The van der Waals surface area contributed by atoms with Crippen molar-refractivity contribution in [2.45, 2.75) is 33.1 Å². The van der Waals surface area contributed by atoms with Gasteiger partial charge in [0.15, 0.2) is 0 Å². The Morgan fingerprint density at radius 1 is 1.12 bits per heavy atom. The number of aryl methyl sites for hydroxylation is 1. The molecule has 0 N–H and O–H groups in total. The first kappa shape index (κ1) is 16.4. The van der Waals surface area contributed by atoms with Gasteiger partial charge >= 0.3 is 0 Å². The lowest BCUT2D eigenvalue weighted by Gasteiger charge is -2.16. The molecular weight excluding hydrogens is 292 g/mol. The van der Waals surface area contributed by atoms with Crippen molar-refractivity contribution >= 4 is 23.6 Å². The molecule has 0 saturated carbocycles. The minimum Gasteiger partial charge on any atom is -0.159 e. The third kappa shape index (κ3) is 2.96. The van der Waals surface area contributed by atoms with Crippen molar-refractivity contribution in [2.24, 2.45) is 16.1 Å². The van der Waals surface area contributed by atoms with E-state index in [1.165, 1.54) is 11.1 Å². The van der Waals surface area contributed by atoms with Crippen molar-refractivity contribution in [3.05, 3.63) is 71.3 Å². The molecule has 0 fully saturated rings. The number of benzene rings is 1. The normalized spacial score (nSPS) is 17.8. The van der Waals surface area contributed by atoms with Crippen LogP contribution in [0.2, 0.25) is 0 Å². The van der Waals surface area contributed by atoms with Crippen LogP contribution in [0.5, 0.6) is 0 Å².